The lowest BCUT2D eigenvalue weighted by Crippen LogP contribution is -1.95. The maximum absolute atomic E-state index is 7.85. The molecule has 3 aromatic heterocycles. The highest BCUT2D eigenvalue weighted by Gasteiger charge is 2.25. The van der Waals surface area contributed by atoms with Gasteiger partial charge in [-0.15, -0.1) is 11.3 Å². The van der Waals surface area contributed by atoms with E-state index in [1.807, 2.05) is 6.07 Å². The Morgan fingerprint density at radius 2 is 2.00 bits per heavy atom. The Morgan fingerprint density at radius 1 is 1.14 bits per heavy atom. The second-order valence-corrected chi connectivity index (χ2v) is 7.54. The summed E-state index contributed by atoms with van der Waals surface area (Å²) in [5.74, 6) is 1.14. The zero-order valence-electron chi connectivity index (χ0n) is 14.5. The highest BCUT2D eigenvalue weighted by molar-refractivity contribution is 7.20. The van der Waals surface area contributed by atoms with E-state index in [0.717, 1.165) is 9.75 Å². The van der Waals surface area contributed by atoms with E-state index in [1.165, 1.54) is 11.3 Å². The highest BCUT2D eigenvalue weighted by Crippen LogP contribution is 2.52. The molecule has 0 bridgehead atoms. The van der Waals surface area contributed by atoms with E-state index >= 15 is 0 Å². The molecule has 0 spiro atoms. The van der Waals surface area contributed by atoms with Crippen molar-refractivity contribution in [3.8, 4) is 32.4 Å². The Morgan fingerprint density at radius 3 is 2.68 bits per heavy atom. The van der Waals surface area contributed by atoms with Crippen molar-refractivity contribution in [1.29, 1.82) is 0 Å². The fraction of sp³-hybridized carbons (Fsp3) is 0.0526. The first-order valence-corrected chi connectivity index (χ1v) is 9.70. The number of H-pyrrole nitrogens is 1. The zero-order chi connectivity index (χ0) is 19.7. The molecule has 0 aliphatic rings. The van der Waals surface area contributed by atoms with E-state index in [4.69, 9.17) is 29.8 Å². The Labute approximate surface area is 175 Å². The molecule has 0 fully saturated rings. The normalized spacial score (nSPS) is 10.6. The van der Waals surface area contributed by atoms with Crippen molar-refractivity contribution in [2.45, 2.75) is 0 Å². The first-order valence-electron chi connectivity index (χ1n) is 8.13. The van der Waals surface area contributed by atoms with Crippen LogP contribution in [-0.4, -0.2) is 27.0 Å². The predicted octanol–water partition coefficient (Wildman–Crippen LogP) is 6.16. The van der Waals surface area contributed by atoms with E-state index in [2.05, 4.69) is 30.1 Å². The molecule has 0 atom stereocenters. The fourth-order valence-corrected chi connectivity index (χ4v) is 4.49. The van der Waals surface area contributed by atoms with Gasteiger partial charge in [-0.3, -0.25) is 0 Å². The summed E-state index contributed by atoms with van der Waals surface area (Å²) in [5.41, 5.74) is 2.53. The van der Waals surface area contributed by atoms with Gasteiger partial charge in [0.25, 0.3) is 0 Å². The van der Waals surface area contributed by atoms with E-state index in [0.29, 0.717) is 44.3 Å². The molecular weight excluding hydrogens is 415 g/mol. The number of nitrogens with one attached hydrogen (secondary N) is 2. The first kappa shape index (κ1) is 18.4. The van der Waals surface area contributed by atoms with Crippen LogP contribution in [0, 0.1) is 6.57 Å². The van der Waals surface area contributed by atoms with E-state index in [-0.39, 0.29) is 0 Å². The molecule has 9 heteroatoms. The summed E-state index contributed by atoms with van der Waals surface area (Å²) in [5, 5.41) is 3.92. The smallest absolute Gasteiger partial charge is 0.222 e. The van der Waals surface area contributed by atoms with Crippen LogP contribution >= 0.6 is 34.5 Å². The standard InChI is InChI=1S/C19H12Cl2N6S/c1-22-15-14(11-4-3-10(20)9-12(11)21)17(18-24-7-8-25-18)28-16(15)13-5-6-26-19(23-2)27-13/h3-9H,2H3,(H,24,25)(H,23,26,27). The Balaban J connectivity index is 2.03. The van der Waals surface area contributed by atoms with Crippen LogP contribution in [0.4, 0.5) is 11.6 Å². The van der Waals surface area contributed by atoms with Crippen molar-refractivity contribution in [3.63, 3.8) is 0 Å². The molecule has 0 aliphatic carbocycles. The van der Waals surface area contributed by atoms with Crippen LogP contribution in [0.3, 0.4) is 0 Å². The number of anilines is 1. The minimum atomic E-state index is 0.460. The average molecular weight is 427 g/mol. The maximum Gasteiger partial charge on any atom is 0.222 e. The number of hydrogen-bond acceptors (Lipinski definition) is 5. The summed E-state index contributed by atoms with van der Waals surface area (Å²) in [6.07, 6.45) is 5.07. The van der Waals surface area contributed by atoms with Gasteiger partial charge >= 0.3 is 0 Å². The number of imidazole rings is 1. The van der Waals surface area contributed by atoms with Gasteiger partial charge in [-0.2, -0.15) is 0 Å². The third-order valence-corrected chi connectivity index (χ3v) is 5.78. The number of aromatic nitrogens is 4. The first-order chi connectivity index (χ1) is 13.6. The Bertz CT molecular complexity index is 1190. The van der Waals surface area contributed by atoms with Gasteiger partial charge in [0.1, 0.15) is 5.82 Å². The lowest BCUT2D eigenvalue weighted by Gasteiger charge is -2.07. The van der Waals surface area contributed by atoms with Crippen molar-refractivity contribution in [2.75, 3.05) is 12.4 Å². The van der Waals surface area contributed by atoms with Gasteiger partial charge in [-0.05, 0) is 23.8 Å². The fourth-order valence-electron chi connectivity index (χ4n) is 2.81. The van der Waals surface area contributed by atoms with Crippen molar-refractivity contribution >= 4 is 46.2 Å². The Kier molecular flexibility index (Phi) is 5.01. The van der Waals surface area contributed by atoms with Crippen LogP contribution in [0.15, 0.2) is 42.9 Å². The molecule has 138 valence electrons. The molecule has 3 heterocycles. The molecule has 0 unspecified atom stereocenters. The second kappa shape index (κ2) is 7.60. The SMILES string of the molecule is [C-]#[N+]c1c(-c2ccnc(NC)n2)sc(-c2ncc[nH]2)c1-c1ccc(Cl)cc1Cl. The van der Waals surface area contributed by atoms with E-state index < -0.39 is 0 Å². The van der Waals surface area contributed by atoms with E-state index in [1.54, 1.807) is 43.8 Å². The predicted molar refractivity (Wildman–Crippen MR) is 114 cm³/mol. The molecular formula is C19H12Cl2N6S. The number of halogens is 2. The summed E-state index contributed by atoms with van der Waals surface area (Å²) in [4.78, 5) is 21.5. The number of benzene rings is 1. The van der Waals surface area contributed by atoms with Crippen molar-refractivity contribution in [3.05, 3.63) is 64.3 Å². The molecule has 1 aromatic carbocycles. The summed E-state index contributed by atoms with van der Waals surface area (Å²) in [7, 11) is 1.75. The highest BCUT2D eigenvalue weighted by atomic mass is 35.5. The van der Waals surface area contributed by atoms with Crippen molar-refractivity contribution in [2.24, 2.45) is 0 Å². The van der Waals surface area contributed by atoms with Gasteiger partial charge in [0.15, 0.2) is 0 Å². The molecule has 4 rings (SSSR count). The second-order valence-electron chi connectivity index (χ2n) is 5.67. The lowest BCUT2D eigenvalue weighted by molar-refractivity contribution is 1.16. The van der Waals surface area contributed by atoms with Crippen LogP contribution in [0.2, 0.25) is 10.0 Å². The average Bonchev–Trinajstić information content (AvgIpc) is 3.35. The van der Waals surface area contributed by atoms with Crippen molar-refractivity contribution < 1.29 is 0 Å². The van der Waals surface area contributed by atoms with Crippen LogP contribution in [-0.2, 0) is 0 Å². The van der Waals surface area contributed by atoms with Gasteiger partial charge in [0.05, 0.1) is 22.0 Å². The van der Waals surface area contributed by atoms with Gasteiger partial charge in [0, 0.05) is 41.2 Å². The summed E-state index contributed by atoms with van der Waals surface area (Å²) in [6, 6.07) is 7.01. The number of nitrogens with zero attached hydrogens (tertiary/aromatic N) is 4. The molecule has 0 radical (unpaired) electrons. The third-order valence-electron chi connectivity index (χ3n) is 4.02. The summed E-state index contributed by atoms with van der Waals surface area (Å²) >= 11 is 14.0. The molecule has 0 saturated carbocycles. The van der Waals surface area contributed by atoms with Gasteiger partial charge in [-0.25, -0.2) is 19.8 Å². The molecule has 0 amide bonds. The number of thiophene rings is 1. The molecule has 6 nitrogen and oxygen atoms in total. The topological polar surface area (TPSA) is 70.8 Å². The number of rotatable bonds is 4. The molecule has 0 saturated heterocycles. The van der Waals surface area contributed by atoms with Crippen molar-refractivity contribution in [1.82, 2.24) is 19.9 Å². The van der Waals surface area contributed by atoms with Gasteiger partial charge < -0.3 is 10.3 Å². The molecule has 4 aromatic rings. The number of hydrogen-bond donors (Lipinski definition) is 2. The van der Waals surface area contributed by atoms with Crippen LogP contribution in [0.25, 0.3) is 37.2 Å². The molecule has 0 aliphatic heterocycles. The monoisotopic (exact) mass is 426 g/mol. The summed E-state index contributed by atoms with van der Waals surface area (Å²) < 4.78 is 0. The van der Waals surface area contributed by atoms with Gasteiger partial charge in [-0.1, -0.05) is 29.3 Å². The molecule has 28 heavy (non-hydrogen) atoms. The summed E-state index contributed by atoms with van der Waals surface area (Å²) in [6.45, 7) is 7.85. The quantitative estimate of drug-likeness (QED) is 0.383. The minimum absolute atomic E-state index is 0.460. The van der Waals surface area contributed by atoms with Crippen LogP contribution in [0.1, 0.15) is 0 Å². The lowest BCUT2D eigenvalue weighted by atomic mass is 10.0. The minimum Gasteiger partial charge on any atom is -0.357 e. The van der Waals surface area contributed by atoms with Gasteiger partial charge in [0.2, 0.25) is 11.6 Å². The molecule has 2 N–H and O–H groups in total. The largest absolute Gasteiger partial charge is 0.357 e. The van der Waals surface area contributed by atoms with E-state index in [9.17, 15) is 0 Å². The maximum atomic E-state index is 7.85. The number of aromatic amines is 1. The Hall–Kier alpha value is -2.92. The van der Waals surface area contributed by atoms with Crippen LogP contribution in [0.5, 0.6) is 0 Å². The zero-order valence-corrected chi connectivity index (χ0v) is 16.8. The van der Waals surface area contributed by atoms with Crippen LogP contribution < -0.4 is 5.32 Å². The third kappa shape index (κ3) is 3.22.